The Balaban J connectivity index is 1.48. The number of likely N-dealkylation sites (N-methyl/N-ethyl adjacent to an activating group) is 1. The van der Waals surface area contributed by atoms with Gasteiger partial charge in [-0.15, -0.1) is 0 Å². The molecule has 73 heavy (non-hydrogen) atoms. The number of nitrogens with two attached hydrogens (primary N) is 1. The molecular formula is C45H66N8O18S2. The highest BCUT2D eigenvalue weighted by molar-refractivity contribution is 8.76. The third-order valence-electron chi connectivity index (χ3n) is 12.9. The van der Waals surface area contributed by atoms with E-state index in [9.17, 15) is 73.2 Å². The van der Waals surface area contributed by atoms with E-state index in [0.29, 0.717) is 12.8 Å². The number of Topliss-reactive ketones (excluding diaryl/α,β-unsaturated/α-hetero) is 1. The van der Waals surface area contributed by atoms with Crippen molar-refractivity contribution in [2.24, 2.45) is 28.9 Å². The number of aliphatic hydroxyl groups excluding tert-OH is 1. The number of hydrogen-bond donors (Lipinski definition) is 13. The minimum Gasteiger partial charge on any atom is -0.481 e. The molecule has 3 aliphatic carbocycles. The number of ketones is 2. The van der Waals surface area contributed by atoms with Gasteiger partial charge in [-0.1, -0.05) is 40.2 Å². The van der Waals surface area contributed by atoms with E-state index >= 15 is 0 Å². The van der Waals surface area contributed by atoms with E-state index in [1.165, 1.54) is 13.1 Å². The SMILES string of the molecule is CNC(CC(=O)O)C(=O)NC(CCCNC(=N)N)C(=O)NC(CC(=O)O)C(=O)NC(CC=O)C(=O)NC(CSSCCOC(=O)OCC(=O)CCC1C2CCC3=CC(=O)C=CC3(C)C2C(O)CC1(C)O)C(=O)O. The summed E-state index contributed by atoms with van der Waals surface area (Å²) >= 11 is 0. The van der Waals surface area contributed by atoms with E-state index in [2.05, 4.69) is 31.9 Å². The molecule has 0 aromatic rings. The summed E-state index contributed by atoms with van der Waals surface area (Å²) in [4.78, 5) is 137. The first-order chi connectivity index (χ1) is 34.3. The van der Waals surface area contributed by atoms with Crippen LogP contribution in [0.5, 0.6) is 0 Å². The Kier molecular flexibility index (Phi) is 24.3. The number of carboxylic acids is 3. The van der Waals surface area contributed by atoms with Crippen LogP contribution in [0, 0.1) is 28.6 Å². The Morgan fingerprint density at radius 2 is 1.49 bits per heavy atom. The van der Waals surface area contributed by atoms with E-state index in [1.807, 2.05) is 13.0 Å². The van der Waals surface area contributed by atoms with Crippen LogP contribution in [-0.2, 0) is 57.4 Å². The van der Waals surface area contributed by atoms with Crippen molar-refractivity contribution < 1.29 is 87.7 Å². The maximum atomic E-state index is 13.4. The van der Waals surface area contributed by atoms with Crippen molar-refractivity contribution in [2.75, 3.05) is 38.3 Å². The zero-order valence-corrected chi connectivity index (χ0v) is 42.2. The lowest BCUT2D eigenvalue weighted by molar-refractivity contribution is -0.160. The van der Waals surface area contributed by atoms with E-state index in [1.54, 1.807) is 13.0 Å². The minimum atomic E-state index is -1.92. The van der Waals surface area contributed by atoms with Crippen molar-refractivity contribution in [1.82, 2.24) is 31.9 Å². The molecule has 14 N–H and O–H groups in total. The summed E-state index contributed by atoms with van der Waals surface area (Å²) in [5.41, 5.74) is 4.37. The van der Waals surface area contributed by atoms with Crippen LogP contribution >= 0.6 is 21.6 Å². The lowest BCUT2D eigenvalue weighted by Gasteiger charge is -2.58. The van der Waals surface area contributed by atoms with E-state index in [0.717, 1.165) is 27.2 Å². The third-order valence-corrected chi connectivity index (χ3v) is 15.3. The molecule has 11 atom stereocenters. The molecule has 0 saturated heterocycles. The highest BCUT2D eigenvalue weighted by Crippen LogP contribution is 2.59. The molecule has 3 aliphatic rings. The van der Waals surface area contributed by atoms with Crippen molar-refractivity contribution in [3.63, 3.8) is 0 Å². The van der Waals surface area contributed by atoms with Crippen molar-refractivity contribution in [1.29, 1.82) is 5.41 Å². The quantitative estimate of drug-likeness (QED) is 0.00939. The second-order valence-corrected chi connectivity index (χ2v) is 20.9. The molecule has 0 bridgehead atoms. The molecule has 3 rings (SSSR count). The number of fused-ring (bicyclic) bond motifs is 3. The maximum Gasteiger partial charge on any atom is 0.508 e. The average molecular weight is 1070 g/mol. The fourth-order valence-electron chi connectivity index (χ4n) is 9.35. The normalized spacial score (nSPS) is 24.0. The van der Waals surface area contributed by atoms with Gasteiger partial charge in [0.1, 0.15) is 37.1 Å². The van der Waals surface area contributed by atoms with Crippen LogP contribution in [-0.4, -0.2) is 177 Å². The van der Waals surface area contributed by atoms with Gasteiger partial charge in [-0.05, 0) is 70.1 Å². The maximum absolute atomic E-state index is 13.4. The number of allylic oxidation sites excluding steroid dienone is 4. The largest absolute Gasteiger partial charge is 0.508 e. The summed E-state index contributed by atoms with van der Waals surface area (Å²) in [6, 6.07) is -8.08. The number of rotatable bonds is 31. The highest BCUT2D eigenvalue weighted by Gasteiger charge is 2.57. The van der Waals surface area contributed by atoms with Gasteiger partial charge in [-0.2, -0.15) is 0 Å². The minimum absolute atomic E-state index is 0.0231. The van der Waals surface area contributed by atoms with Gasteiger partial charge < -0.3 is 77.4 Å². The van der Waals surface area contributed by atoms with Gasteiger partial charge in [0, 0.05) is 48.6 Å². The summed E-state index contributed by atoms with van der Waals surface area (Å²) in [7, 11) is 3.27. The van der Waals surface area contributed by atoms with E-state index < -0.39 is 133 Å². The Hall–Kier alpha value is -6.10. The lowest BCUT2D eigenvalue weighted by Crippen LogP contribution is -2.59. The fraction of sp³-hybridized carbons (Fsp3) is 0.644. The molecule has 26 nitrogen and oxygen atoms in total. The number of amides is 4. The molecule has 4 amide bonds. The Morgan fingerprint density at radius 1 is 0.890 bits per heavy atom. The molecule has 0 radical (unpaired) electrons. The van der Waals surface area contributed by atoms with Crippen molar-refractivity contribution >= 4 is 93.1 Å². The van der Waals surface area contributed by atoms with Gasteiger partial charge in [-0.25, -0.2) is 9.59 Å². The number of aldehydes is 1. The molecular weight excluding hydrogens is 1000 g/mol. The standard InChI is InChI=1S/C45H66N8O18S2/c1-44-12-10-24(55)17-23(44)6-8-26-27(45(2,69)20-33(57)36(26)44)9-7-25(56)21-71-43(68)70-15-16-72-73-22-32(41(66)67)53-38(63)29(11-14-54)51-40(65)31(19-35(60)61)52-37(62)28(5-4-13-49-42(46)47)50-39(64)30(48-3)18-34(58)59/h10,12,14,17,26-33,36,48,57,69H,4-9,11,13,15-16,18-22H2,1-3H3,(H,50,64)(H,51,65)(H,52,62)(H,53,63)(H,58,59)(H,60,61)(H,66,67)(H4,46,47,49). The van der Waals surface area contributed by atoms with E-state index in [-0.39, 0.29) is 86.6 Å². The van der Waals surface area contributed by atoms with Crippen LogP contribution in [0.15, 0.2) is 23.8 Å². The Bertz CT molecular complexity index is 2140. The van der Waals surface area contributed by atoms with Crippen molar-refractivity contribution in [2.45, 2.75) is 120 Å². The predicted molar refractivity (Wildman–Crippen MR) is 260 cm³/mol. The van der Waals surface area contributed by atoms with Gasteiger partial charge in [0.05, 0.1) is 30.6 Å². The molecule has 406 valence electrons. The molecule has 0 heterocycles. The van der Waals surface area contributed by atoms with Crippen LogP contribution in [0.3, 0.4) is 0 Å². The van der Waals surface area contributed by atoms with E-state index in [4.69, 9.17) is 25.7 Å². The summed E-state index contributed by atoms with van der Waals surface area (Å²) < 4.78 is 9.99. The summed E-state index contributed by atoms with van der Waals surface area (Å²) in [5, 5.41) is 72.2. The van der Waals surface area contributed by atoms with Gasteiger partial charge in [0.15, 0.2) is 24.1 Å². The van der Waals surface area contributed by atoms with Gasteiger partial charge in [0.2, 0.25) is 23.6 Å². The Morgan fingerprint density at radius 3 is 2.12 bits per heavy atom. The van der Waals surface area contributed by atoms with Gasteiger partial charge in [-0.3, -0.25) is 43.8 Å². The molecule has 2 saturated carbocycles. The molecule has 11 unspecified atom stereocenters. The lowest BCUT2D eigenvalue weighted by atomic mass is 9.48. The van der Waals surface area contributed by atoms with Crippen LogP contribution < -0.4 is 37.6 Å². The first kappa shape index (κ1) is 61.2. The number of carboxylic acid groups (broad SMARTS) is 3. The molecule has 0 aliphatic heterocycles. The summed E-state index contributed by atoms with van der Waals surface area (Å²) in [5.74, 6) is -10.8. The topological polar surface area (TPSA) is 429 Å². The predicted octanol–water partition coefficient (Wildman–Crippen LogP) is -1.49. The zero-order valence-electron chi connectivity index (χ0n) is 40.5. The molecule has 2 fully saturated rings. The number of nitrogens with one attached hydrogen (secondary N) is 7. The van der Waals surface area contributed by atoms with Crippen LogP contribution in [0.25, 0.3) is 0 Å². The number of carbonyl (C=O) groups excluding carboxylic acids is 8. The molecule has 0 aromatic heterocycles. The zero-order chi connectivity index (χ0) is 54.6. The van der Waals surface area contributed by atoms with Crippen LogP contribution in [0.1, 0.15) is 78.1 Å². The number of carbonyl (C=O) groups is 11. The number of aliphatic carboxylic acids is 3. The Labute approximate surface area is 427 Å². The fourth-order valence-corrected chi connectivity index (χ4v) is 11.3. The van der Waals surface area contributed by atoms with Crippen LogP contribution in [0.2, 0.25) is 0 Å². The molecule has 28 heteroatoms. The monoisotopic (exact) mass is 1070 g/mol. The first-order valence-electron chi connectivity index (χ1n) is 23.3. The third kappa shape index (κ3) is 19.0. The second kappa shape index (κ2) is 29.0. The number of guanidine groups is 1. The summed E-state index contributed by atoms with van der Waals surface area (Å²) in [6.45, 7) is 2.84. The second-order valence-electron chi connectivity index (χ2n) is 18.2. The smallest absolute Gasteiger partial charge is 0.481 e. The van der Waals surface area contributed by atoms with Gasteiger partial charge >= 0.3 is 24.1 Å². The molecule has 0 aromatic carbocycles. The van der Waals surface area contributed by atoms with Crippen LogP contribution in [0.4, 0.5) is 4.79 Å². The van der Waals surface area contributed by atoms with Crippen molar-refractivity contribution in [3.05, 3.63) is 23.8 Å². The summed E-state index contributed by atoms with van der Waals surface area (Å²) in [6.07, 6.45) is 2.20. The number of hydrogen-bond acceptors (Lipinski definition) is 19. The average Bonchev–Trinajstić information content (AvgIpc) is 3.30. The molecule has 0 spiro atoms. The van der Waals surface area contributed by atoms with Crippen molar-refractivity contribution in [3.8, 4) is 0 Å². The number of ether oxygens (including phenoxy) is 2. The highest BCUT2D eigenvalue weighted by atomic mass is 33.1. The first-order valence-corrected chi connectivity index (χ1v) is 25.8. The number of aliphatic hydroxyl groups is 2. The van der Waals surface area contributed by atoms with Gasteiger partial charge in [0.25, 0.3) is 0 Å².